The summed E-state index contributed by atoms with van der Waals surface area (Å²) in [6.45, 7) is 20.0. The summed E-state index contributed by atoms with van der Waals surface area (Å²) in [6.07, 6.45) is 2.11. The normalized spacial score (nSPS) is 23.5. The Morgan fingerprint density at radius 2 is 1.68 bits per heavy atom. The van der Waals surface area contributed by atoms with Crippen molar-refractivity contribution in [1.29, 1.82) is 0 Å². The minimum absolute atomic E-state index is 0.00470. The maximum absolute atomic E-state index is 14.3. The number of anilines is 1. The van der Waals surface area contributed by atoms with Gasteiger partial charge in [0.1, 0.15) is 11.4 Å². The molecule has 11 heteroatoms. The second kappa shape index (κ2) is 13.5. The molecule has 10 nitrogen and oxygen atoms in total. The predicted molar refractivity (Wildman–Crippen MR) is 180 cm³/mol. The number of carbonyl (C=O) groups excluding carboxylic acids is 3. The number of fused-ring (bicyclic) bond motifs is 1. The highest BCUT2D eigenvalue weighted by Crippen LogP contribution is 2.40. The van der Waals surface area contributed by atoms with Crippen molar-refractivity contribution in [3.05, 3.63) is 59.2 Å². The zero-order valence-corrected chi connectivity index (χ0v) is 29.3. The monoisotopic (exact) mass is 650 g/mol. The van der Waals surface area contributed by atoms with Gasteiger partial charge in [0.05, 0.1) is 17.9 Å². The first-order chi connectivity index (χ1) is 22.0. The number of ether oxygens (including phenoxy) is 1. The standard InChI is InChI=1S/C36H51FN6O4/c1-24-18-40(26(3)44)14-13-39(24)20-30-21-42(34(46)47-35(4,5)6)25(2)19-41(30)22-32(45)43-23-36(7,8)33-31(43)16-28(17-38-33)15-27-9-11-29(37)12-10-27/h9-12,16-17,24-25,30H,13-15,18-23H2,1-8H3/t24?,25-,30+/m1/s1. The first-order valence-electron chi connectivity index (χ1n) is 16.8. The smallest absolute Gasteiger partial charge is 0.410 e. The summed E-state index contributed by atoms with van der Waals surface area (Å²) in [4.78, 5) is 54.5. The number of hydrogen-bond donors (Lipinski definition) is 0. The molecule has 1 aromatic carbocycles. The van der Waals surface area contributed by atoms with E-state index in [9.17, 15) is 18.8 Å². The van der Waals surface area contributed by atoms with Crippen molar-refractivity contribution in [3.63, 3.8) is 0 Å². The number of nitrogens with zero attached hydrogens (tertiary/aromatic N) is 6. The average Bonchev–Trinajstić information content (AvgIpc) is 3.25. The van der Waals surface area contributed by atoms with E-state index < -0.39 is 5.60 Å². The van der Waals surface area contributed by atoms with Crippen molar-refractivity contribution >= 4 is 23.6 Å². The Labute approximate surface area is 278 Å². The van der Waals surface area contributed by atoms with E-state index in [4.69, 9.17) is 9.72 Å². The van der Waals surface area contributed by atoms with E-state index in [1.54, 1.807) is 24.0 Å². The van der Waals surface area contributed by atoms with Crippen LogP contribution < -0.4 is 4.90 Å². The van der Waals surface area contributed by atoms with Crippen LogP contribution in [0.2, 0.25) is 0 Å². The third kappa shape index (κ3) is 8.12. The molecule has 1 unspecified atom stereocenters. The van der Waals surface area contributed by atoms with E-state index >= 15 is 0 Å². The van der Waals surface area contributed by atoms with Gasteiger partial charge in [-0.2, -0.15) is 0 Å². The van der Waals surface area contributed by atoms with Crippen LogP contribution in [0.1, 0.15) is 72.2 Å². The third-order valence-electron chi connectivity index (χ3n) is 9.61. The van der Waals surface area contributed by atoms with Crippen LogP contribution in [0.15, 0.2) is 36.5 Å². The van der Waals surface area contributed by atoms with Crippen molar-refractivity contribution in [3.8, 4) is 0 Å². The summed E-state index contributed by atoms with van der Waals surface area (Å²) in [5.41, 5.74) is 2.73. The number of halogens is 1. The zero-order chi connectivity index (χ0) is 34.3. The molecular formula is C36H51FN6O4. The minimum Gasteiger partial charge on any atom is -0.444 e. The van der Waals surface area contributed by atoms with Gasteiger partial charge in [0.2, 0.25) is 11.8 Å². The molecule has 3 amide bonds. The second-order valence-electron chi connectivity index (χ2n) is 15.3. The van der Waals surface area contributed by atoms with E-state index in [2.05, 4.69) is 36.6 Å². The molecule has 2 fully saturated rings. The Balaban J connectivity index is 1.36. The lowest BCUT2D eigenvalue weighted by Gasteiger charge is -2.48. The number of hydrogen-bond acceptors (Lipinski definition) is 7. The number of piperazine rings is 2. The Bertz CT molecular complexity index is 1470. The summed E-state index contributed by atoms with van der Waals surface area (Å²) in [5.74, 6) is -0.197. The van der Waals surface area contributed by atoms with Crippen LogP contribution in [0.3, 0.4) is 0 Å². The van der Waals surface area contributed by atoms with Gasteiger partial charge < -0.3 is 19.4 Å². The van der Waals surface area contributed by atoms with Crippen molar-refractivity contribution < 1.29 is 23.5 Å². The van der Waals surface area contributed by atoms with E-state index in [1.165, 1.54) is 12.1 Å². The molecule has 0 bridgehead atoms. The van der Waals surface area contributed by atoms with Gasteiger partial charge in [-0.15, -0.1) is 0 Å². The van der Waals surface area contributed by atoms with Crippen LogP contribution in [0.25, 0.3) is 0 Å². The zero-order valence-electron chi connectivity index (χ0n) is 29.3. The molecule has 0 saturated carbocycles. The molecule has 3 aliphatic heterocycles. The van der Waals surface area contributed by atoms with Gasteiger partial charge in [-0.3, -0.25) is 24.4 Å². The average molecular weight is 651 g/mol. The summed E-state index contributed by atoms with van der Waals surface area (Å²) in [5, 5.41) is 0. The molecule has 3 atom stereocenters. The Morgan fingerprint density at radius 3 is 2.32 bits per heavy atom. The quantitative estimate of drug-likeness (QED) is 0.461. The Hall–Kier alpha value is -3.57. The number of rotatable bonds is 6. The lowest BCUT2D eigenvalue weighted by Crippen LogP contribution is -2.65. The first kappa shape index (κ1) is 34.8. The fraction of sp³-hybridized carbons (Fsp3) is 0.611. The van der Waals surface area contributed by atoms with Gasteiger partial charge in [0, 0.05) is 82.5 Å². The summed E-state index contributed by atoms with van der Waals surface area (Å²) in [6, 6.07) is 8.41. The number of pyridine rings is 1. The van der Waals surface area contributed by atoms with Crippen LogP contribution in [0.4, 0.5) is 14.9 Å². The third-order valence-corrected chi connectivity index (χ3v) is 9.61. The lowest BCUT2D eigenvalue weighted by molar-refractivity contribution is -0.132. The largest absolute Gasteiger partial charge is 0.444 e. The molecule has 2 aromatic rings. The van der Waals surface area contributed by atoms with E-state index in [0.717, 1.165) is 29.1 Å². The van der Waals surface area contributed by atoms with Crippen LogP contribution in [0.5, 0.6) is 0 Å². The fourth-order valence-electron chi connectivity index (χ4n) is 7.07. The molecule has 0 aliphatic carbocycles. The molecule has 1 aromatic heterocycles. The number of benzene rings is 1. The SMILES string of the molecule is CC(=O)N1CCN(C[C@H]2CN(C(=O)OC(C)(C)C)[C@H](C)CN2CC(=O)N2CC(C)(C)c3ncc(Cc4ccc(F)cc4)cc32)C(C)C1. The molecule has 0 spiro atoms. The molecule has 5 rings (SSSR count). The molecule has 3 aliphatic rings. The van der Waals surface area contributed by atoms with Gasteiger partial charge in [0.25, 0.3) is 0 Å². The topological polar surface area (TPSA) is 89.5 Å². The van der Waals surface area contributed by atoms with E-state index in [-0.39, 0.29) is 53.8 Å². The highest BCUT2D eigenvalue weighted by molar-refractivity contribution is 5.97. The van der Waals surface area contributed by atoms with Crippen LogP contribution in [-0.2, 0) is 26.2 Å². The van der Waals surface area contributed by atoms with Gasteiger partial charge in [0.15, 0.2) is 0 Å². The van der Waals surface area contributed by atoms with E-state index in [0.29, 0.717) is 45.7 Å². The number of aromatic nitrogens is 1. The minimum atomic E-state index is -0.615. The first-order valence-corrected chi connectivity index (χ1v) is 16.8. The van der Waals surface area contributed by atoms with Crippen molar-refractivity contribution in [2.75, 3.05) is 57.3 Å². The van der Waals surface area contributed by atoms with Crippen LogP contribution in [0, 0.1) is 5.82 Å². The molecule has 256 valence electrons. The van der Waals surface area contributed by atoms with E-state index in [1.807, 2.05) is 43.7 Å². The van der Waals surface area contributed by atoms with Gasteiger partial charge in [-0.1, -0.05) is 26.0 Å². The molecule has 2 saturated heterocycles. The van der Waals surface area contributed by atoms with Crippen molar-refractivity contribution in [2.45, 2.75) is 91.0 Å². The Morgan fingerprint density at radius 1 is 0.979 bits per heavy atom. The van der Waals surface area contributed by atoms with Crippen LogP contribution in [-0.4, -0.2) is 119 Å². The Kier molecular flexibility index (Phi) is 9.99. The number of carbonyl (C=O) groups is 3. The fourth-order valence-corrected chi connectivity index (χ4v) is 7.07. The summed E-state index contributed by atoms with van der Waals surface area (Å²) in [7, 11) is 0. The maximum atomic E-state index is 14.3. The van der Waals surface area contributed by atoms with Crippen LogP contribution >= 0.6 is 0 Å². The molecular weight excluding hydrogens is 599 g/mol. The van der Waals surface area contributed by atoms with Gasteiger partial charge in [-0.25, -0.2) is 9.18 Å². The van der Waals surface area contributed by atoms with Crippen molar-refractivity contribution in [1.82, 2.24) is 24.6 Å². The number of amides is 3. The predicted octanol–water partition coefficient (Wildman–Crippen LogP) is 4.30. The molecule has 47 heavy (non-hydrogen) atoms. The van der Waals surface area contributed by atoms with Gasteiger partial charge >= 0.3 is 6.09 Å². The highest BCUT2D eigenvalue weighted by Gasteiger charge is 2.43. The highest BCUT2D eigenvalue weighted by atomic mass is 19.1. The lowest BCUT2D eigenvalue weighted by atomic mass is 9.91. The summed E-state index contributed by atoms with van der Waals surface area (Å²) >= 11 is 0. The maximum Gasteiger partial charge on any atom is 0.410 e. The van der Waals surface area contributed by atoms with Gasteiger partial charge in [-0.05, 0) is 70.4 Å². The molecule has 0 N–H and O–H groups in total. The van der Waals surface area contributed by atoms with Crippen molar-refractivity contribution in [2.24, 2.45) is 0 Å². The second-order valence-corrected chi connectivity index (χ2v) is 15.3. The molecule has 4 heterocycles. The summed E-state index contributed by atoms with van der Waals surface area (Å²) < 4.78 is 19.3. The molecule has 0 radical (unpaired) electrons.